The minimum atomic E-state index is 0.140. The molecule has 1 atom stereocenters. The number of nitrogens with zero attached hydrogens (tertiary/aromatic N) is 2. The second kappa shape index (κ2) is 7.94. The smallest absolute Gasteiger partial charge is 0.218 e. The van der Waals surface area contributed by atoms with Crippen LogP contribution in [0.4, 0.5) is 5.82 Å². The van der Waals surface area contributed by atoms with Crippen molar-refractivity contribution in [1.82, 2.24) is 9.97 Å². The summed E-state index contributed by atoms with van der Waals surface area (Å²) < 4.78 is 5.40. The molecule has 0 saturated heterocycles. The van der Waals surface area contributed by atoms with Gasteiger partial charge in [0.2, 0.25) is 5.88 Å². The van der Waals surface area contributed by atoms with Gasteiger partial charge in [-0.2, -0.15) is 4.98 Å². The molecule has 3 N–H and O–H groups in total. The van der Waals surface area contributed by atoms with Gasteiger partial charge in [-0.05, 0) is 19.8 Å². The lowest BCUT2D eigenvalue weighted by Gasteiger charge is -2.21. The zero-order valence-corrected chi connectivity index (χ0v) is 12.4. The summed E-state index contributed by atoms with van der Waals surface area (Å²) in [6, 6.07) is 1.96. The summed E-state index contributed by atoms with van der Waals surface area (Å²) >= 11 is 0. The number of nitrogens with two attached hydrogens (primary N) is 1. The highest BCUT2D eigenvalue weighted by Gasteiger charge is 2.14. The SMILES string of the molecule is CCOc1cc(NCC(N)C(CC)CC)nc(C)n1. The molecule has 5 nitrogen and oxygen atoms in total. The van der Waals surface area contributed by atoms with Gasteiger partial charge in [-0.25, -0.2) is 4.98 Å². The van der Waals surface area contributed by atoms with E-state index >= 15 is 0 Å². The van der Waals surface area contributed by atoms with Crippen LogP contribution in [0, 0.1) is 12.8 Å². The standard InChI is InChI=1S/C14H26N4O/c1-5-11(6-2)12(15)9-16-13-8-14(19-7-3)18-10(4)17-13/h8,11-12H,5-7,9,15H2,1-4H3,(H,16,17,18). The molecule has 0 fully saturated rings. The van der Waals surface area contributed by atoms with Crippen molar-refractivity contribution in [3.05, 3.63) is 11.9 Å². The van der Waals surface area contributed by atoms with Crippen molar-refractivity contribution >= 4 is 5.82 Å². The van der Waals surface area contributed by atoms with Crippen LogP contribution >= 0.6 is 0 Å². The van der Waals surface area contributed by atoms with Crippen molar-refractivity contribution in [2.45, 2.75) is 46.6 Å². The quantitative estimate of drug-likeness (QED) is 0.755. The third-order valence-electron chi connectivity index (χ3n) is 3.28. The summed E-state index contributed by atoms with van der Waals surface area (Å²) in [6.45, 7) is 9.46. The first-order valence-electron chi connectivity index (χ1n) is 7.08. The van der Waals surface area contributed by atoms with E-state index in [1.807, 2.05) is 19.9 Å². The molecule has 0 saturated carbocycles. The van der Waals surface area contributed by atoms with Crippen LogP contribution in [-0.2, 0) is 0 Å². The van der Waals surface area contributed by atoms with Crippen LogP contribution in [0.15, 0.2) is 6.07 Å². The van der Waals surface area contributed by atoms with E-state index in [-0.39, 0.29) is 6.04 Å². The fourth-order valence-electron chi connectivity index (χ4n) is 2.14. The molecule has 0 radical (unpaired) electrons. The number of nitrogens with one attached hydrogen (secondary N) is 1. The molecule has 0 aliphatic rings. The van der Waals surface area contributed by atoms with Gasteiger partial charge in [-0.15, -0.1) is 0 Å². The largest absolute Gasteiger partial charge is 0.478 e. The van der Waals surface area contributed by atoms with Crippen LogP contribution in [0.3, 0.4) is 0 Å². The van der Waals surface area contributed by atoms with Crippen molar-refractivity contribution in [1.29, 1.82) is 0 Å². The van der Waals surface area contributed by atoms with Crippen molar-refractivity contribution in [2.24, 2.45) is 11.7 Å². The predicted octanol–water partition coefficient (Wildman–Crippen LogP) is 2.36. The molecule has 1 heterocycles. The molecule has 0 aliphatic carbocycles. The van der Waals surface area contributed by atoms with Gasteiger partial charge >= 0.3 is 0 Å². The molecular weight excluding hydrogens is 240 g/mol. The normalized spacial score (nSPS) is 12.5. The van der Waals surface area contributed by atoms with E-state index in [1.54, 1.807) is 0 Å². The topological polar surface area (TPSA) is 73.1 Å². The second-order valence-electron chi connectivity index (χ2n) is 4.69. The summed E-state index contributed by atoms with van der Waals surface area (Å²) in [4.78, 5) is 8.55. The van der Waals surface area contributed by atoms with Crippen LogP contribution in [0.5, 0.6) is 5.88 Å². The molecule has 0 amide bonds. The van der Waals surface area contributed by atoms with Crippen LogP contribution in [0.25, 0.3) is 0 Å². The van der Waals surface area contributed by atoms with Gasteiger partial charge in [-0.1, -0.05) is 26.7 Å². The number of anilines is 1. The van der Waals surface area contributed by atoms with Crippen molar-refractivity contribution in [3.8, 4) is 5.88 Å². The number of hydrogen-bond acceptors (Lipinski definition) is 5. The maximum Gasteiger partial charge on any atom is 0.218 e. The van der Waals surface area contributed by atoms with Crippen LogP contribution in [0.2, 0.25) is 0 Å². The lowest BCUT2D eigenvalue weighted by molar-refractivity contribution is 0.325. The lowest BCUT2D eigenvalue weighted by Crippen LogP contribution is -2.36. The number of rotatable bonds is 8. The molecular formula is C14H26N4O. The Morgan fingerprint density at radius 1 is 1.26 bits per heavy atom. The Morgan fingerprint density at radius 3 is 2.53 bits per heavy atom. The minimum Gasteiger partial charge on any atom is -0.478 e. The van der Waals surface area contributed by atoms with E-state index in [9.17, 15) is 0 Å². The summed E-state index contributed by atoms with van der Waals surface area (Å²) in [7, 11) is 0. The predicted molar refractivity (Wildman–Crippen MR) is 78.5 cm³/mol. The highest BCUT2D eigenvalue weighted by atomic mass is 16.5. The Hall–Kier alpha value is -1.36. The lowest BCUT2D eigenvalue weighted by atomic mass is 9.95. The molecule has 1 aromatic rings. The highest BCUT2D eigenvalue weighted by Crippen LogP contribution is 2.15. The van der Waals surface area contributed by atoms with Gasteiger partial charge in [0.15, 0.2) is 0 Å². The number of hydrogen-bond donors (Lipinski definition) is 2. The van der Waals surface area contributed by atoms with E-state index < -0.39 is 0 Å². The number of aryl methyl sites for hydroxylation is 1. The van der Waals surface area contributed by atoms with Crippen LogP contribution < -0.4 is 15.8 Å². The van der Waals surface area contributed by atoms with E-state index in [2.05, 4.69) is 29.1 Å². The minimum absolute atomic E-state index is 0.140. The van der Waals surface area contributed by atoms with Crippen molar-refractivity contribution in [2.75, 3.05) is 18.5 Å². The van der Waals surface area contributed by atoms with Gasteiger partial charge in [-0.3, -0.25) is 0 Å². The zero-order valence-electron chi connectivity index (χ0n) is 12.4. The summed E-state index contributed by atoms with van der Waals surface area (Å²) in [5.74, 6) is 2.62. The maximum atomic E-state index is 6.18. The summed E-state index contributed by atoms with van der Waals surface area (Å²) in [5, 5.41) is 3.28. The Bertz CT molecular complexity index is 380. The molecule has 19 heavy (non-hydrogen) atoms. The molecule has 0 aliphatic heterocycles. The van der Waals surface area contributed by atoms with Gasteiger partial charge in [0.1, 0.15) is 11.6 Å². The van der Waals surface area contributed by atoms with Gasteiger partial charge in [0, 0.05) is 18.7 Å². The first-order chi connectivity index (χ1) is 9.10. The number of aromatic nitrogens is 2. The molecule has 0 aromatic carbocycles. The first kappa shape index (κ1) is 15.7. The monoisotopic (exact) mass is 266 g/mol. The first-order valence-corrected chi connectivity index (χ1v) is 7.08. The van der Waals surface area contributed by atoms with E-state index in [1.165, 1.54) is 0 Å². The van der Waals surface area contributed by atoms with Gasteiger partial charge < -0.3 is 15.8 Å². The molecule has 1 aromatic heterocycles. The highest BCUT2D eigenvalue weighted by molar-refractivity contribution is 5.38. The maximum absolute atomic E-state index is 6.18. The molecule has 108 valence electrons. The molecule has 1 rings (SSSR count). The van der Waals surface area contributed by atoms with E-state index in [0.717, 1.165) is 18.7 Å². The van der Waals surface area contributed by atoms with Crippen molar-refractivity contribution < 1.29 is 4.74 Å². The molecule has 1 unspecified atom stereocenters. The van der Waals surface area contributed by atoms with E-state index in [0.29, 0.717) is 30.8 Å². The molecule has 0 bridgehead atoms. The molecule has 5 heteroatoms. The van der Waals surface area contributed by atoms with E-state index in [4.69, 9.17) is 10.5 Å². The molecule has 0 spiro atoms. The van der Waals surface area contributed by atoms with Gasteiger partial charge in [0.05, 0.1) is 6.61 Å². The summed E-state index contributed by atoms with van der Waals surface area (Å²) in [6.07, 6.45) is 2.21. The third kappa shape index (κ3) is 5.03. The average molecular weight is 266 g/mol. The number of ether oxygens (including phenoxy) is 1. The Morgan fingerprint density at radius 2 is 1.95 bits per heavy atom. The Balaban J connectivity index is 2.61. The third-order valence-corrected chi connectivity index (χ3v) is 3.28. The van der Waals surface area contributed by atoms with Crippen LogP contribution in [-0.4, -0.2) is 29.2 Å². The van der Waals surface area contributed by atoms with Gasteiger partial charge in [0.25, 0.3) is 0 Å². The summed E-state index contributed by atoms with van der Waals surface area (Å²) in [5.41, 5.74) is 6.18. The fraction of sp³-hybridized carbons (Fsp3) is 0.714. The van der Waals surface area contributed by atoms with Crippen LogP contribution in [0.1, 0.15) is 39.4 Å². The fourth-order valence-corrected chi connectivity index (χ4v) is 2.14. The zero-order chi connectivity index (χ0) is 14.3. The Labute approximate surface area is 116 Å². The van der Waals surface area contributed by atoms with Crippen molar-refractivity contribution in [3.63, 3.8) is 0 Å². The Kier molecular flexibility index (Phi) is 6.56. The average Bonchev–Trinajstić information content (AvgIpc) is 2.37. The second-order valence-corrected chi connectivity index (χ2v) is 4.69.